The molecule has 2 aromatic heterocycles. The molecule has 0 bridgehead atoms. The zero-order valence-corrected chi connectivity index (χ0v) is 15.7. The van der Waals surface area contributed by atoms with E-state index in [1.54, 1.807) is 6.07 Å². The molecule has 1 amide bonds. The van der Waals surface area contributed by atoms with Crippen molar-refractivity contribution >= 4 is 17.5 Å². The Bertz CT molecular complexity index is 900. The van der Waals surface area contributed by atoms with Gasteiger partial charge in [-0.15, -0.1) is 0 Å². The predicted octanol–water partition coefficient (Wildman–Crippen LogP) is 3.66. The maximum absolute atomic E-state index is 12.5. The number of carbonyl (C=O) groups is 1. The van der Waals surface area contributed by atoms with Gasteiger partial charge in [-0.2, -0.15) is 5.10 Å². The summed E-state index contributed by atoms with van der Waals surface area (Å²) in [5, 5.41) is 10.5. The molecule has 26 heavy (non-hydrogen) atoms. The molecule has 1 atom stereocenters. The third-order valence-corrected chi connectivity index (χ3v) is 4.50. The van der Waals surface area contributed by atoms with Gasteiger partial charge in [0.15, 0.2) is 11.5 Å². The van der Waals surface area contributed by atoms with Crippen LogP contribution in [0.2, 0.25) is 5.02 Å². The average Bonchev–Trinajstić information content (AvgIpc) is 3.25. The van der Waals surface area contributed by atoms with Crippen molar-refractivity contribution in [3.63, 3.8) is 0 Å². The molecule has 3 rings (SSSR count). The van der Waals surface area contributed by atoms with Crippen LogP contribution in [0.3, 0.4) is 0 Å². The number of H-pyrrole nitrogens is 1. The van der Waals surface area contributed by atoms with Crippen LogP contribution in [0.5, 0.6) is 0 Å². The SMILES string of the molecule is Cc1ccc(-c2cc(C(=O)NCC(c3ccccc3Cl)N(C)C)n[nH]2)o1. The maximum Gasteiger partial charge on any atom is 0.271 e. The van der Waals surface area contributed by atoms with Crippen molar-refractivity contribution in [3.05, 3.63) is 64.5 Å². The number of aromatic nitrogens is 2. The van der Waals surface area contributed by atoms with Gasteiger partial charge in [-0.25, -0.2) is 0 Å². The minimum absolute atomic E-state index is 0.0428. The van der Waals surface area contributed by atoms with Gasteiger partial charge in [0.1, 0.15) is 11.5 Å². The smallest absolute Gasteiger partial charge is 0.271 e. The zero-order chi connectivity index (χ0) is 18.7. The number of aromatic amines is 1. The van der Waals surface area contributed by atoms with Crippen molar-refractivity contribution in [2.45, 2.75) is 13.0 Å². The summed E-state index contributed by atoms with van der Waals surface area (Å²) in [6.45, 7) is 2.28. The van der Waals surface area contributed by atoms with E-state index in [-0.39, 0.29) is 11.9 Å². The van der Waals surface area contributed by atoms with Crippen LogP contribution >= 0.6 is 11.6 Å². The lowest BCUT2D eigenvalue weighted by atomic mass is 10.1. The first-order valence-electron chi connectivity index (χ1n) is 8.27. The topological polar surface area (TPSA) is 74.2 Å². The summed E-state index contributed by atoms with van der Waals surface area (Å²) >= 11 is 6.30. The van der Waals surface area contributed by atoms with Crippen molar-refractivity contribution in [2.75, 3.05) is 20.6 Å². The fourth-order valence-electron chi connectivity index (χ4n) is 2.74. The van der Waals surface area contributed by atoms with Gasteiger partial charge in [0.25, 0.3) is 5.91 Å². The Kier molecular flexibility index (Phi) is 5.44. The summed E-state index contributed by atoms with van der Waals surface area (Å²) < 4.78 is 5.54. The fraction of sp³-hybridized carbons (Fsp3) is 0.263. The summed E-state index contributed by atoms with van der Waals surface area (Å²) in [7, 11) is 3.90. The highest BCUT2D eigenvalue weighted by molar-refractivity contribution is 6.31. The summed E-state index contributed by atoms with van der Waals surface area (Å²) in [5.41, 5.74) is 1.94. The highest BCUT2D eigenvalue weighted by Crippen LogP contribution is 2.25. The van der Waals surface area contributed by atoms with Crippen LogP contribution < -0.4 is 5.32 Å². The highest BCUT2D eigenvalue weighted by atomic mass is 35.5. The Morgan fingerprint density at radius 1 is 1.31 bits per heavy atom. The number of carbonyl (C=O) groups excluding carboxylic acids is 1. The van der Waals surface area contributed by atoms with Gasteiger partial charge in [-0.05, 0) is 44.8 Å². The number of amides is 1. The van der Waals surface area contributed by atoms with Crippen molar-refractivity contribution in [3.8, 4) is 11.5 Å². The molecular formula is C19H21ClN4O2. The average molecular weight is 373 g/mol. The van der Waals surface area contributed by atoms with Gasteiger partial charge in [0, 0.05) is 17.6 Å². The first-order valence-corrected chi connectivity index (χ1v) is 8.65. The molecule has 6 nitrogen and oxygen atoms in total. The Morgan fingerprint density at radius 3 is 2.73 bits per heavy atom. The van der Waals surface area contributed by atoms with Crippen LogP contribution in [0.15, 0.2) is 46.9 Å². The lowest BCUT2D eigenvalue weighted by molar-refractivity contribution is 0.0937. The Labute approximate surface area is 157 Å². The molecule has 0 aliphatic heterocycles. The normalized spacial score (nSPS) is 12.3. The van der Waals surface area contributed by atoms with Gasteiger partial charge in [0.05, 0.1) is 6.04 Å². The minimum atomic E-state index is -0.255. The van der Waals surface area contributed by atoms with Crippen molar-refractivity contribution < 1.29 is 9.21 Å². The largest absolute Gasteiger partial charge is 0.460 e. The molecule has 2 N–H and O–H groups in total. The number of likely N-dealkylation sites (N-methyl/N-ethyl adjacent to an activating group) is 1. The van der Waals surface area contributed by atoms with Crippen LogP contribution in [-0.2, 0) is 0 Å². The maximum atomic E-state index is 12.5. The van der Waals surface area contributed by atoms with Gasteiger partial charge in [-0.1, -0.05) is 29.8 Å². The molecule has 0 saturated heterocycles. The number of hydrogen-bond donors (Lipinski definition) is 2. The highest BCUT2D eigenvalue weighted by Gasteiger charge is 2.19. The summed E-state index contributed by atoms with van der Waals surface area (Å²) in [6, 6.07) is 13.0. The Morgan fingerprint density at radius 2 is 2.08 bits per heavy atom. The number of nitrogens with zero attached hydrogens (tertiary/aromatic N) is 2. The third kappa shape index (κ3) is 3.98. The summed E-state index contributed by atoms with van der Waals surface area (Å²) in [5.74, 6) is 1.19. The van der Waals surface area contributed by atoms with Crippen molar-refractivity contribution in [1.29, 1.82) is 0 Å². The standard InChI is InChI=1S/C19H21ClN4O2/c1-12-8-9-18(26-12)15-10-16(23-22-15)19(25)21-11-17(24(2)3)13-6-4-5-7-14(13)20/h4-10,17H,11H2,1-3H3,(H,21,25)(H,22,23). The molecule has 7 heteroatoms. The first-order chi connectivity index (χ1) is 12.5. The number of rotatable bonds is 6. The first kappa shape index (κ1) is 18.2. The molecule has 136 valence electrons. The lowest BCUT2D eigenvalue weighted by Gasteiger charge is -2.25. The number of hydrogen-bond acceptors (Lipinski definition) is 4. The van der Waals surface area contributed by atoms with Gasteiger partial charge in [-0.3, -0.25) is 9.89 Å². The van der Waals surface area contributed by atoms with Crippen LogP contribution in [0.25, 0.3) is 11.5 Å². The monoisotopic (exact) mass is 372 g/mol. The summed E-state index contributed by atoms with van der Waals surface area (Å²) in [4.78, 5) is 14.5. The van der Waals surface area contributed by atoms with Crippen molar-refractivity contribution in [2.24, 2.45) is 0 Å². The number of furan rings is 1. The van der Waals surface area contributed by atoms with Crippen LogP contribution in [0.1, 0.15) is 27.9 Å². The van der Waals surface area contributed by atoms with E-state index in [0.29, 0.717) is 28.7 Å². The van der Waals surface area contributed by atoms with Gasteiger partial charge < -0.3 is 14.6 Å². The second kappa shape index (κ2) is 7.76. The van der Waals surface area contributed by atoms with Crippen LogP contribution in [0.4, 0.5) is 0 Å². The third-order valence-electron chi connectivity index (χ3n) is 4.16. The van der Waals surface area contributed by atoms with Gasteiger partial charge >= 0.3 is 0 Å². The molecule has 1 aromatic carbocycles. The number of aryl methyl sites for hydroxylation is 1. The predicted molar refractivity (Wildman–Crippen MR) is 101 cm³/mol. The van der Waals surface area contributed by atoms with E-state index in [1.165, 1.54) is 0 Å². The molecule has 0 saturated carbocycles. The Balaban J connectivity index is 1.69. The summed E-state index contributed by atoms with van der Waals surface area (Å²) in [6.07, 6.45) is 0. The fourth-order valence-corrected chi connectivity index (χ4v) is 3.00. The van der Waals surface area contributed by atoms with E-state index < -0.39 is 0 Å². The molecule has 0 radical (unpaired) electrons. The molecular weight excluding hydrogens is 352 g/mol. The quantitative estimate of drug-likeness (QED) is 0.692. The molecule has 0 aliphatic carbocycles. The van der Waals surface area contributed by atoms with Crippen LogP contribution in [-0.4, -0.2) is 41.6 Å². The van der Waals surface area contributed by atoms with E-state index in [2.05, 4.69) is 15.5 Å². The molecule has 0 aliphatic rings. The van der Waals surface area contributed by atoms with E-state index in [1.807, 2.05) is 62.3 Å². The van der Waals surface area contributed by atoms with E-state index in [4.69, 9.17) is 16.0 Å². The Hall–Kier alpha value is -2.57. The number of halogens is 1. The zero-order valence-electron chi connectivity index (χ0n) is 14.9. The second-order valence-corrected chi connectivity index (χ2v) is 6.70. The molecule has 1 unspecified atom stereocenters. The molecule has 0 spiro atoms. The molecule has 3 aromatic rings. The van der Waals surface area contributed by atoms with E-state index >= 15 is 0 Å². The van der Waals surface area contributed by atoms with Crippen molar-refractivity contribution in [1.82, 2.24) is 20.4 Å². The lowest BCUT2D eigenvalue weighted by Crippen LogP contribution is -2.34. The van der Waals surface area contributed by atoms with Crippen LogP contribution in [0, 0.1) is 6.92 Å². The second-order valence-electron chi connectivity index (χ2n) is 6.29. The van der Waals surface area contributed by atoms with E-state index in [0.717, 1.165) is 11.3 Å². The van der Waals surface area contributed by atoms with Gasteiger partial charge in [0.2, 0.25) is 0 Å². The number of nitrogens with one attached hydrogen (secondary N) is 2. The van der Waals surface area contributed by atoms with E-state index in [9.17, 15) is 4.79 Å². The number of benzene rings is 1. The molecule has 0 fully saturated rings. The minimum Gasteiger partial charge on any atom is -0.460 e. The molecule has 2 heterocycles.